The quantitative estimate of drug-likeness (QED) is 0.187. The second kappa shape index (κ2) is 12.2. The highest BCUT2D eigenvalue weighted by Gasteiger charge is 2.62. The number of anilines is 1. The molecular weight excluding hydrogens is 574 g/mol. The number of halogens is 4. The number of rotatable bonds is 9. The number of carbonyl (C=O) groups is 1. The molecule has 0 spiro atoms. The predicted octanol–water partition coefficient (Wildman–Crippen LogP) is 3.27. The lowest BCUT2D eigenvalue weighted by atomic mass is 9.77. The fourth-order valence-corrected chi connectivity index (χ4v) is 5.84. The second-order valence-corrected chi connectivity index (χ2v) is 10.9. The van der Waals surface area contributed by atoms with Crippen LogP contribution in [0.4, 0.5) is 23.2 Å². The van der Waals surface area contributed by atoms with Gasteiger partial charge in [0.25, 0.3) is 5.92 Å². The molecule has 1 saturated heterocycles. The van der Waals surface area contributed by atoms with Crippen molar-refractivity contribution in [2.45, 2.75) is 55.3 Å². The summed E-state index contributed by atoms with van der Waals surface area (Å²) >= 11 is 0. The molecule has 3 aromatic rings. The monoisotopic (exact) mass is 605 g/mol. The Labute approximate surface area is 244 Å². The van der Waals surface area contributed by atoms with Crippen LogP contribution in [0.15, 0.2) is 72.8 Å². The Hall–Kier alpha value is -3.55. The van der Waals surface area contributed by atoms with E-state index in [2.05, 4.69) is 0 Å². The van der Waals surface area contributed by atoms with Crippen molar-refractivity contribution in [3.05, 3.63) is 95.6 Å². The molecule has 5 N–H and O–H groups in total. The van der Waals surface area contributed by atoms with E-state index >= 15 is 0 Å². The molecule has 2 fully saturated rings. The van der Waals surface area contributed by atoms with Crippen LogP contribution in [0.25, 0.3) is 0 Å². The maximum atomic E-state index is 15.0. The molecule has 12 heteroatoms. The van der Waals surface area contributed by atoms with Crippen LogP contribution in [-0.2, 0) is 4.79 Å². The molecule has 230 valence electrons. The predicted molar refractivity (Wildman–Crippen MR) is 145 cm³/mol. The number of aliphatic hydroxyl groups is 5. The van der Waals surface area contributed by atoms with Gasteiger partial charge in [-0.05, 0) is 72.5 Å². The number of hydrogen-bond acceptors (Lipinski definition) is 7. The second-order valence-electron chi connectivity index (χ2n) is 10.9. The highest BCUT2D eigenvalue weighted by Crippen LogP contribution is 2.47. The molecule has 3 aromatic carbocycles. The molecule has 8 atom stereocenters. The Morgan fingerprint density at radius 2 is 1.42 bits per heavy atom. The van der Waals surface area contributed by atoms with Gasteiger partial charge >= 0.3 is 0 Å². The van der Waals surface area contributed by atoms with Crippen molar-refractivity contribution in [1.29, 1.82) is 0 Å². The minimum absolute atomic E-state index is 0.102. The molecule has 1 aliphatic heterocycles. The van der Waals surface area contributed by atoms with Gasteiger partial charge in [0, 0.05) is 5.69 Å². The first kappa shape index (κ1) is 30.9. The van der Waals surface area contributed by atoms with E-state index in [1.165, 1.54) is 77.7 Å². The molecule has 1 saturated carbocycles. The van der Waals surface area contributed by atoms with E-state index in [4.69, 9.17) is 4.74 Å². The zero-order chi connectivity index (χ0) is 31.1. The van der Waals surface area contributed by atoms with Gasteiger partial charge in [-0.3, -0.25) is 4.79 Å². The van der Waals surface area contributed by atoms with Crippen LogP contribution >= 0.6 is 0 Å². The largest absolute Gasteiger partial charge is 0.481 e. The average Bonchev–Trinajstić information content (AvgIpc) is 2.99. The Bertz CT molecular complexity index is 1410. The molecular formula is C31H31F4NO7. The summed E-state index contributed by atoms with van der Waals surface area (Å²) in [7, 11) is 0. The summed E-state index contributed by atoms with van der Waals surface area (Å²) in [5.74, 6) is -7.86. The summed E-state index contributed by atoms with van der Waals surface area (Å²) in [5, 5.41) is 50.2. The first-order chi connectivity index (χ1) is 20.4. The van der Waals surface area contributed by atoms with Crippen LogP contribution in [0.1, 0.15) is 36.1 Å². The first-order valence-corrected chi connectivity index (χ1v) is 13.8. The molecule has 1 amide bonds. The molecule has 1 heterocycles. The van der Waals surface area contributed by atoms with Gasteiger partial charge in [-0.1, -0.05) is 24.3 Å². The smallest absolute Gasteiger partial charge is 0.294 e. The third kappa shape index (κ3) is 5.85. The van der Waals surface area contributed by atoms with Crippen molar-refractivity contribution in [2.24, 2.45) is 11.8 Å². The van der Waals surface area contributed by atoms with Crippen LogP contribution in [-0.4, -0.2) is 68.4 Å². The maximum absolute atomic E-state index is 15.0. The highest BCUT2D eigenvalue weighted by molar-refractivity contribution is 6.03. The SMILES string of the molecule is O=C1[C@H](CC[C@H](O)c2ccc(F)cc2)[C@@H](c2ccc(O[C@H]3[C@@H](O)[C@H](O)[C@H](O)[C@@H](CO)C3(F)F)cc2)N1c1ccc(F)cc1. The van der Waals surface area contributed by atoms with Gasteiger partial charge < -0.3 is 35.2 Å². The van der Waals surface area contributed by atoms with E-state index in [1.54, 1.807) is 0 Å². The molecule has 0 aromatic heterocycles. The number of benzene rings is 3. The molecule has 0 radical (unpaired) electrons. The lowest BCUT2D eigenvalue weighted by Crippen LogP contribution is -2.67. The van der Waals surface area contributed by atoms with Crippen LogP contribution in [0.3, 0.4) is 0 Å². The summed E-state index contributed by atoms with van der Waals surface area (Å²) in [6.45, 7) is -1.15. The minimum atomic E-state index is -3.89. The Morgan fingerprint density at radius 3 is 2.00 bits per heavy atom. The summed E-state index contributed by atoms with van der Waals surface area (Å²) in [6.07, 6.45) is -8.97. The minimum Gasteiger partial charge on any atom is -0.481 e. The van der Waals surface area contributed by atoms with Crippen LogP contribution in [0, 0.1) is 23.5 Å². The number of nitrogens with zero attached hydrogens (tertiary/aromatic N) is 1. The highest BCUT2D eigenvalue weighted by atomic mass is 19.3. The van der Waals surface area contributed by atoms with E-state index in [1.807, 2.05) is 0 Å². The molecule has 8 nitrogen and oxygen atoms in total. The lowest BCUT2D eigenvalue weighted by Gasteiger charge is -2.48. The van der Waals surface area contributed by atoms with Gasteiger partial charge in [0.05, 0.1) is 36.7 Å². The van der Waals surface area contributed by atoms with E-state index in [0.717, 1.165) is 0 Å². The lowest BCUT2D eigenvalue weighted by molar-refractivity contribution is -0.266. The zero-order valence-electron chi connectivity index (χ0n) is 22.7. The van der Waals surface area contributed by atoms with Crippen molar-refractivity contribution in [3.8, 4) is 5.75 Å². The first-order valence-electron chi connectivity index (χ1n) is 13.8. The fraction of sp³-hybridized carbons (Fsp3) is 0.387. The van der Waals surface area contributed by atoms with Gasteiger partial charge in [0.1, 0.15) is 29.6 Å². The van der Waals surface area contributed by atoms with Gasteiger partial charge in [-0.25, -0.2) is 17.6 Å². The number of aliphatic hydroxyl groups excluding tert-OH is 5. The van der Waals surface area contributed by atoms with Crippen molar-refractivity contribution in [2.75, 3.05) is 11.5 Å². The summed E-state index contributed by atoms with van der Waals surface area (Å²) in [6, 6.07) is 15.9. The van der Waals surface area contributed by atoms with Crippen LogP contribution < -0.4 is 9.64 Å². The topological polar surface area (TPSA) is 131 Å². The summed E-state index contributed by atoms with van der Waals surface area (Å²) in [5.41, 5.74) is 1.50. The molecule has 43 heavy (non-hydrogen) atoms. The van der Waals surface area contributed by atoms with Crippen LogP contribution in [0.2, 0.25) is 0 Å². The maximum Gasteiger partial charge on any atom is 0.294 e. The van der Waals surface area contributed by atoms with Gasteiger partial charge in [0.15, 0.2) is 6.10 Å². The van der Waals surface area contributed by atoms with Crippen molar-refractivity contribution in [1.82, 2.24) is 0 Å². The van der Waals surface area contributed by atoms with Crippen molar-refractivity contribution < 1.29 is 52.6 Å². The molecule has 5 rings (SSSR count). The molecule has 0 unspecified atom stereocenters. The van der Waals surface area contributed by atoms with E-state index in [0.29, 0.717) is 16.8 Å². The van der Waals surface area contributed by atoms with Crippen LogP contribution in [0.5, 0.6) is 5.75 Å². The number of alkyl halides is 2. The average molecular weight is 606 g/mol. The van der Waals surface area contributed by atoms with E-state index in [-0.39, 0.29) is 24.5 Å². The number of ether oxygens (including phenoxy) is 1. The Kier molecular flexibility index (Phi) is 8.77. The van der Waals surface area contributed by atoms with Crippen molar-refractivity contribution in [3.63, 3.8) is 0 Å². The molecule has 1 aliphatic carbocycles. The van der Waals surface area contributed by atoms with E-state index < -0.39 is 72.6 Å². The fourth-order valence-electron chi connectivity index (χ4n) is 5.84. The summed E-state index contributed by atoms with van der Waals surface area (Å²) < 4.78 is 62.2. The van der Waals surface area contributed by atoms with Crippen molar-refractivity contribution >= 4 is 11.6 Å². The third-order valence-electron chi connectivity index (χ3n) is 8.30. The zero-order valence-corrected chi connectivity index (χ0v) is 22.7. The molecule has 0 bridgehead atoms. The standard InChI is InChI=1S/C31H31F4NO7/c32-18-5-1-16(2-6-18)24(38)14-13-22-25(36(30(22)42)20-9-7-19(33)8-10-20)17-3-11-21(12-4-17)43-29-28(41)27(40)26(39)23(15-37)31(29,34)35/h1-12,22-29,37-41H,13-15H2/t22-,23-,24+,25-,26-,27-,28+,29+/m1/s1. The number of carbonyl (C=O) groups excluding carboxylic acids is 1. The number of amides is 1. The number of hydrogen-bond donors (Lipinski definition) is 5. The Balaban J connectivity index is 1.37. The van der Waals surface area contributed by atoms with Gasteiger partial charge in [-0.2, -0.15) is 0 Å². The third-order valence-corrected chi connectivity index (χ3v) is 8.30. The normalized spacial score (nSPS) is 29.2. The number of β-lactam (4-membered cyclic amide) rings is 1. The van der Waals surface area contributed by atoms with Gasteiger partial charge in [-0.15, -0.1) is 0 Å². The van der Waals surface area contributed by atoms with E-state index in [9.17, 15) is 47.9 Å². The summed E-state index contributed by atoms with van der Waals surface area (Å²) in [4.78, 5) is 14.7. The Morgan fingerprint density at radius 1 is 0.837 bits per heavy atom. The molecule has 2 aliphatic rings. The van der Waals surface area contributed by atoms with Gasteiger partial charge in [0.2, 0.25) is 5.91 Å².